The number of aryl methyl sites for hydroxylation is 1. The first-order chi connectivity index (χ1) is 15.2. The van der Waals surface area contributed by atoms with Gasteiger partial charge in [-0.2, -0.15) is 0 Å². The Bertz CT molecular complexity index is 1330. The van der Waals surface area contributed by atoms with E-state index in [4.69, 9.17) is 16.6 Å². The van der Waals surface area contributed by atoms with E-state index in [9.17, 15) is 14.7 Å². The number of fused-ring (bicyclic) bond motifs is 3. The van der Waals surface area contributed by atoms with Crippen LogP contribution in [0.3, 0.4) is 0 Å². The summed E-state index contributed by atoms with van der Waals surface area (Å²) in [7, 11) is 0. The fourth-order valence-corrected chi connectivity index (χ4v) is 5.55. The van der Waals surface area contributed by atoms with Crippen molar-refractivity contribution in [3.05, 3.63) is 62.4 Å². The predicted molar refractivity (Wildman–Crippen MR) is 124 cm³/mol. The molecule has 0 bridgehead atoms. The summed E-state index contributed by atoms with van der Waals surface area (Å²) in [4.78, 5) is 34.2. The molecule has 5 rings (SSSR count). The van der Waals surface area contributed by atoms with Crippen molar-refractivity contribution in [3.8, 4) is 0 Å². The second kappa shape index (κ2) is 7.30. The smallest absolute Gasteiger partial charge is 0.356 e. The molecular weight excluding hydrogens is 428 g/mol. The van der Waals surface area contributed by atoms with E-state index in [0.717, 1.165) is 36.2 Å². The van der Waals surface area contributed by atoms with Gasteiger partial charge in [0.1, 0.15) is 11.0 Å². The van der Waals surface area contributed by atoms with Gasteiger partial charge in [0.05, 0.1) is 22.6 Å². The highest BCUT2D eigenvalue weighted by atomic mass is 35.5. The maximum atomic E-state index is 13.5. The highest BCUT2D eigenvalue weighted by molar-refractivity contribution is 6.29. The molecule has 0 unspecified atom stereocenters. The molecule has 3 heterocycles. The van der Waals surface area contributed by atoms with E-state index in [0.29, 0.717) is 16.6 Å². The van der Waals surface area contributed by atoms with Crippen molar-refractivity contribution in [1.29, 1.82) is 0 Å². The van der Waals surface area contributed by atoms with Crippen molar-refractivity contribution >= 4 is 34.2 Å². The van der Waals surface area contributed by atoms with Gasteiger partial charge in [0.15, 0.2) is 5.69 Å². The van der Waals surface area contributed by atoms with Crippen LogP contribution in [-0.2, 0) is 5.41 Å². The number of nitrogens with one attached hydrogen (secondary N) is 1. The Labute approximate surface area is 190 Å². The van der Waals surface area contributed by atoms with Gasteiger partial charge in [-0.05, 0) is 63.8 Å². The van der Waals surface area contributed by atoms with Gasteiger partial charge in [-0.15, -0.1) is 0 Å². The van der Waals surface area contributed by atoms with Crippen LogP contribution in [0.15, 0.2) is 29.1 Å². The number of carboxylic acid groups (broad SMARTS) is 1. The number of carboxylic acids is 1. The topological polar surface area (TPSA) is 97.1 Å². The minimum absolute atomic E-state index is 0.0119. The first-order valence-electron chi connectivity index (χ1n) is 10.9. The van der Waals surface area contributed by atoms with E-state index in [1.54, 1.807) is 12.1 Å². The summed E-state index contributed by atoms with van der Waals surface area (Å²) in [6.45, 7) is 5.99. The molecule has 0 amide bonds. The molecule has 1 aliphatic heterocycles. The van der Waals surface area contributed by atoms with E-state index in [1.165, 1.54) is 6.42 Å². The number of aromatic carboxylic acids is 1. The van der Waals surface area contributed by atoms with Crippen LogP contribution >= 0.6 is 11.6 Å². The molecule has 0 saturated heterocycles. The van der Waals surface area contributed by atoms with Gasteiger partial charge >= 0.3 is 5.97 Å². The summed E-state index contributed by atoms with van der Waals surface area (Å²) >= 11 is 5.89. The van der Waals surface area contributed by atoms with E-state index in [2.05, 4.69) is 17.2 Å². The highest BCUT2D eigenvalue weighted by Crippen LogP contribution is 2.52. The molecule has 1 fully saturated rings. The molecule has 2 aromatic heterocycles. The van der Waals surface area contributed by atoms with Gasteiger partial charge in [-0.3, -0.25) is 9.36 Å². The number of pyridine rings is 1. The molecule has 1 spiro atoms. The number of hydrogen-bond donors (Lipinski definition) is 2. The Morgan fingerprint density at radius 3 is 2.72 bits per heavy atom. The number of rotatable bonds is 4. The lowest BCUT2D eigenvalue weighted by Crippen LogP contribution is -2.34. The molecule has 2 aliphatic rings. The van der Waals surface area contributed by atoms with Crippen LogP contribution in [-0.4, -0.2) is 25.6 Å². The van der Waals surface area contributed by atoms with E-state index >= 15 is 0 Å². The normalized spacial score (nSPS) is 19.6. The van der Waals surface area contributed by atoms with Gasteiger partial charge < -0.3 is 10.4 Å². The Morgan fingerprint density at radius 2 is 2.06 bits per heavy atom. The lowest BCUT2D eigenvalue weighted by atomic mass is 9.66. The van der Waals surface area contributed by atoms with Gasteiger partial charge in [0.25, 0.3) is 5.56 Å². The molecular formula is C24H25ClN4O3. The van der Waals surface area contributed by atoms with Crippen molar-refractivity contribution in [3.63, 3.8) is 0 Å². The first kappa shape index (κ1) is 20.9. The average Bonchev–Trinajstić information content (AvgIpc) is 3.02. The Morgan fingerprint density at radius 1 is 1.31 bits per heavy atom. The van der Waals surface area contributed by atoms with Crippen LogP contribution in [0.5, 0.6) is 0 Å². The zero-order chi connectivity index (χ0) is 22.8. The number of anilines is 1. The minimum atomic E-state index is -1.16. The number of nitrogens with zero attached hydrogens (tertiary/aromatic N) is 3. The highest BCUT2D eigenvalue weighted by Gasteiger charge is 2.49. The van der Waals surface area contributed by atoms with Crippen molar-refractivity contribution in [1.82, 2.24) is 14.5 Å². The number of benzene rings is 1. The third kappa shape index (κ3) is 3.10. The summed E-state index contributed by atoms with van der Waals surface area (Å²) in [6, 6.07) is 6.92. The SMILES string of the molecule is Cc1cc([C@@H](C)Nc2ccc(Cl)nc2C(=O)O)c2nc3n(c(=O)c2c1)[C@H](C)CC31CCC1. The molecule has 166 valence electrons. The second-order valence-electron chi connectivity index (χ2n) is 9.25. The minimum Gasteiger partial charge on any atom is -0.476 e. The zero-order valence-electron chi connectivity index (χ0n) is 18.3. The number of aromatic nitrogens is 3. The molecule has 1 aliphatic carbocycles. The van der Waals surface area contributed by atoms with Gasteiger partial charge in [-0.25, -0.2) is 14.8 Å². The molecule has 2 atom stereocenters. The number of carbonyl (C=O) groups is 1. The third-order valence-corrected chi connectivity index (χ3v) is 7.20. The van der Waals surface area contributed by atoms with Crippen LogP contribution in [0.4, 0.5) is 5.69 Å². The van der Waals surface area contributed by atoms with Gasteiger partial charge in [0.2, 0.25) is 0 Å². The van der Waals surface area contributed by atoms with Crippen LogP contribution in [0.25, 0.3) is 10.9 Å². The first-order valence-corrected chi connectivity index (χ1v) is 11.3. The lowest BCUT2D eigenvalue weighted by Gasteiger charge is -2.37. The Kier molecular flexibility index (Phi) is 4.78. The maximum absolute atomic E-state index is 13.5. The molecule has 1 aromatic carbocycles. The largest absolute Gasteiger partial charge is 0.476 e. The van der Waals surface area contributed by atoms with Crippen molar-refractivity contribution in [2.24, 2.45) is 0 Å². The quantitative estimate of drug-likeness (QED) is 0.540. The Balaban J connectivity index is 1.65. The molecule has 2 N–H and O–H groups in total. The predicted octanol–water partition coefficient (Wildman–Crippen LogP) is 5.01. The van der Waals surface area contributed by atoms with Crippen LogP contribution in [0, 0.1) is 6.92 Å². The Hall–Kier alpha value is -2.93. The van der Waals surface area contributed by atoms with Gasteiger partial charge in [-0.1, -0.05) is 24.1 Å². The third-order valence-electron chi connectivity index (χ3n) is 6.99. The summed E-state index contributed by atoms with van der Waals surface area (Å²) < 4.78 is 1.90. The second-order valence-corrected chi connectivity index (χ2v) is 9.64. The lowest BCUT2D eigenvalue weighted by molar-refractivity contribution is 0.0691. The van der Waals surface area contributed by atoms with Gasteiger partial charge in [0, 0.05) is 17.0 Å². The van der Waals surface area contributed by atoms with Crippen LogP contribution in [0.1, 0.15) is 79.1 Å². The molecule has 3 aromatic rings. The average molecular weight is 453 g/mol. The fraction of sp³-hybridized carbons (Fsp3) is 0.417. The molecule has 7 nitrogen and oxygen atoms in total. The summed E-state index contributed by atoms with van der Waals surface area (Å²) in [5.74, 6) is -0.253. The summed E-state index contributed by atoms with van der Waals surface area (Å²) in [5.41, 5.74) is 2.76. The monoisotopic (exact) mass is 452 g/mol. The summed E-state index contributed by atoms with van der Waals surface area (Å²) in [5, 5.41) is 13.5. The van der Waals surface area contributed by atoms with Crippen LogP contribution in [0.2, 0.25) is 5.15 Å². The summed E-state index contributed by atoms with van der Waals surface area (Å²) in [6.07, 6.45) is 4.28. The van der Waals surface area contributed by atoms with E-state index in [1.807, 2.05) is 30.5 Å². The molecule has 32 heavy (non-hydrogen) atoms. The zero-order valence-corrected chi connectivity index (χ0v) is 19.0. The van der Waals surface area contributed by atoms with E-state index in [-0.39, 0.29) is 33.9 Å². The van der Waals surface area contributed by atoms with Crippen molar-refractivity contribution < 1.29 is 9.90 Å². The fourth-order valence-electron chi connectivity index (χ4n) is 5.40. The van der Waals surface area contributed by atoms with Crippen LogP contribution < -0.4 is 10.9 Å². The molecule has 1 saturated carbocycles. The molecule has 0 radical (unpaired) electrons. The standard InChI is InChI=1S/C24H25ClN4O3/c1-12-9-15(14(3)26-17-5-6-18(25)27-20(17)22(31)32)19-16(10-12)21(30)29-13(2)11-24(7-4-8-24)23(29)28-19/h5-6,9-10,13-14,26H,4,7-8,11H2,1-3H3,(H,31,32)/t13-,14-/m1/s1. The number of hydrogen-bond acceptors (Lipinski definition) is 5. The number of halogens is 1. The molecule has 8 heteroatoms. The van der Waals surface area contributed by atoms with Crippen molar-refractivity contribution in [2.45, 2.75) is 64.0 Å². The maximum Gasteiger partial charge on any atom is 0.356 e. The van der Waals surface area contributed by atoms with E-state index < -0.39 is 5.97 Å². The van der Waals surface area contributed by atoms with Crippen molar-refractivity contribution in [2.75, 3.05) is 5.32 Å².